The lowest BCUT2D eigenvalue weighted by Gasteiger charge is -2.22. The van der Waals surface area contributed by atoms with Gasteiger partial charge in [0.15, 0.2) is 5.78 Å². The Hall–Kier alpha value is -0.930. The standard InChI is InChI=1S/C14H16ClFO2/c15-10-4-6-12(13(16)9-10)14(17)7-5-11-3-1-2-8-18-11/h4,6,9,11H,1-3,5,7-8H2. The Morgan fingerprint density at radius 3 is 2.94 bits per heavy atom. The van der Waals surface area contributed by atoms with Gasteiger partial charge in [-0.25, -0.2) is 4.39 Å². The van der Waals surface area contributed by atoms with E-state index in [0.717, 1.165) is 25.9 Å². The molecule has 1 saturated heterocycles. The van der Waals surface area contributed by atoms with Crippen molar-refractivity contribution in [1.29, 1.82) is 0 Å². The third kappa shape index (κ3) is 3.53. The summed E-state index contributed by atoms with van der Waals surface area (Å²) in [5.41, 5.74) is 0.121. The van der Waals surface area contributed by atoms with Crippen molar-refractivity contribution in [2.24, 2.45) is 0 Å². The molecule has 1 aromatic rings. The molecule has 0 aromatic heterocycles. The molecule has 1 heterocycles. The van der Waals surface area contributed by atoms with E-state index < -0.39 is 5.82 Å². The Balaban J connectivity index is 1.90. The van der Waals surface area contributed by atoms with Gasteiger partial charge in [-0.2, -0.15) is 0 Å². The van der Waals surface area contributed by atoms with E-state index >= 15 is 0 Å². The second-order valence-electron chi connectivity index (χ2n) is 4.57. The van der Waals surface area contributed by atoms with Gasteiger partial charge in [-0.05, 0) is 43.9 Å². The van der Waals surface area contributed by atoms with Crippen molar-refractivity contribution in [1.82, 2.24) is 0 Å². The Labute approximate surface area is 111 Å². The number of carbonyl (C=O) groups excluding carboxylic acids is 1. The van der Waals surface area contributed by atoms with Gasteiger partial charge in [0.25, 0.3) is 0 Å². The lowest BCUT2D eigenvalue weighted by Crippen LogP contribution is -2.20. The molecule has 1 atom stereocenters. The molecular formula is C14H16ClFO2. The number of hydrogen-bond acceptors (Lipinski definition) is 2. The first-order valence-electron chi connectivity index (χ1n) is 6.26. The smallest absolute Gasteiger partial charge is 0.165 e. The first-order chi connectivity index (χ1) is 8.66. The highest BCUT2D eigenvalue weighted by Crippen LogP contribution is 2.20. The molecule has 98 valence electrons. The molecule has 2 nitrogen and oxygen atoms in total. The van der Waals surface area contributed by atoms with E-state index in [1.807, 2.05) is 0 Å². The normalized spacial score (nSPS) is 19.8. The molecule has 18 heavy (non-hydrogen) atoms. The highest BCUT2D eigenvalue weighted by atomic mass is 35.5. The average Bonchev–Trinajstić information content (AvgIpc) is 2.37. The van der Waals surface area contributed by atoms with Gasteiger partial charge in [-0.1, -0.05) is 11.6 Å². The molecule has 4 heteroatoms. The summed E-state index contributed by atoms with van der Waals surface area (Å²) in [7, 11) is 0. The lowest BCUT2D eigenvalue weighted by molar-refractivity contribution is 0.0104. The fraction of sp³-hybridized carbons (Fsp3) is 0.500. The van der Waals surface area contributed by atoms with Crippen molar-refractivity contribution in [2.45, 2.75) is 38.2 Å². The van der Waals surface area contributed by atoms with E-state index in [1.165, 1.54) is 18.2 Å². The summed E-state index contributed by atoms with van der Waals surface area (Å²) in [6.07, 6.45) is 4.38. The van der Waals surface area contributed by atoms with Crippen LogP contribution in [0.3, 0.4) is 0 Å². The molecule has 2 rings (SSSR count). The van der Waals surface area contributed by atoms with Crippen LogP contribution in [0.15, 0.2) is 18.2 Å². The number of rotatable bonds is 4. The topological polar surface area (TPSA) is 26.3 Å². The quantitative estimate of drug-likeness (QED) is 0.773. The highest BCUT2D eigenvalue weighted by Gasteiger charge is 2.17. The molecule has 0 N–H and O–H groups in total. The molecule has 1 unspecified atom stereocenters. The molecule has 0 amide bonds. The summed E-state index contributed by atoms with van der Waals surface area (Å²) >= 11 is 5.65. The van der Waals surface area contributed by atoms with Crippen molar-refractivity contribution in [3.8, 4) is 0 Å². The average molecular weight is 271 g/mol. The minimum absolute atomic E-state index is 0.121. The van der Waals surface area contributed by atoms with Crippen LogP contribution in [-0.2, 0) is 4.74 Å². The van der Waals surface area contributed by atoms with Crippen LogP contribution in [0.25, 0.3) is 0 Å². The second kappa shape index (κ2) is 6.30. The molecule has 0 radical (unpaired) electrons. The van der Waals surface area contributed by atoms with Crippen molar-refractivity contribution >= 4 is 17.4 Å². The molecule has 1 fully saturated rings. The van der Waals surface area contributed by atoms with E-state index in [4.69, 9.17) is 16.3 Å². The number of Topliss-reactive ketones (excluding diaryl/α,β-unsaturated/α-hetero) is 1. The first-order valence-corrected chi connectivity index (χ1v) is 6.64. The summed E-state index contributed by atoms with van der Waals surface area (Å²) in [6, 6.07) is 4.16. The first kappa shape index (κ1) is 13.5. The van der Waals surface area contributed by atoms with Gasteiger partial charge in [0, 0.05) is 18.1 Å². The number of carbonyl (C=O) groups is 1. The minimum Gasteiger partial charge on any atom is -0.378 e. The zero-order valence-corrected chi connectivity index (χ0v) is 10.9. The van der Waals surface area contributed by atoms with E-state index in [1.54, 1.807) is 0 Å². The number of hydrogen-bond donors (Lipinski definition) is 0. The maximum absolute atomic E-state index is 13.5. The number of ether oxygens (including phenoxy) is 1. The van der Waals surface area contributed by atoms with Crippen molar-refractivity contribution in [3.63, 3.8) is 0 Å². The van der Waals surface area contributed by atoms with E-state index in [0.29, 0.717) is 17.9 Å². The van der Waals surface area contributed by atoms with Crippen LogP contribution in [0, 0.1) is 5.82 Å². The van der Waals surface area contributed by atoms with Gasteiger partial charge >= 0.3 is 0 Å². The summed E-state index contributed by atoms with van der Waals surface area (Å²) < 4.78 is 19.1. The molecule has 1 aliphatic heterocycles. The predicted molar refractivity (Wildman–Crippen MR) is 68.6 cm³/mol. The van der Waals surface area contributed by atoms with Gasteiger partial charge in [0.05, 0.1) is 11.7 Å². The summed E-state index contributed by atoms with van der Waals surface area (Å²) in [6.45, 7) is 0.772. The maximum Gasteiger partial charge on any atom is 0.165 e. The van der Waals surface area contributed by atoms with Crippen molar-refractivity contribution in [3.05, 3.63) is 34.6 Å². The largest absolute Gasteiger partial charge is 0.378 e. The second-order valence-corrected chi connectivity index (χ2v) is 5.01. The maximum atomic E-state index is 13.5. The molecule has 0 saturated carbocycles. The van der Waals surface area contributed by atoms with Crippen LogP contribution in [0.2, 0.25) is 5.02 Å². The monoisotopic (exact) mass is 270 g/mol. The van der Waals surface area contributed by atoms with Crippen LogP contribution in [0.4, 0.5) is 4.39 Å². The van der Waals surface area contributed by atoms with Gasteiger partial charge in [-0.15, -0.1) is 0 Å². The highest BCUT2D eigenvalue weighted by molar-refractivity contribution is 6.30. The SMILES string of the molecule is O=C(CCC1CCCCO1)c1ccc(Cl)cc1F. The zero-order chi connectivity index (χ0) is 13.0. The molecule has 0 spiro atoms. The zero-order valence-electron chi connectivity index (χ0n) is 10.1. The van der Waals surface area contributed by atoms with Crippen LogP contribution < -0.4 is 0 Å². The van der Waals surface area contributed by atoms with Gasteiger partial charge < -0.3 is 4.74 Å². The summed E-state index contributed by atoms with van der Waals surface area (Å²) in [5.74, 6) is -0.726. The van der Waals surface area contributed by atoms with Crippen LogP contribution >= 0.6 is 11.6 Å². The van der Waals surface area contributed by atoms with Crippen LogP contribution in [0.1, 0.15) is 42.5 Å². The third-order valence-corrected chi connectivity index (χ3v) is 3.43. The molecule has 0 bridgehead atoms. The van der Waals surface area contributed by atoms with E-state index in [2.05, 4.69) is 0 Å². The fourth-order valence-electron chi connectivity index (χ4n) is 2.18. The van der Waals surface area contributed by atoms with Crippen molar-refractivity contribution in [2.75, 3.05) is 6.61 Å². The summed E-state index contributed by atoms with van der Waals surface area (Å²) in [5, 5.41) is 0.305. The van der Waals surface area contributed by atoms with Gasteiger partial charge in [0.2, 0.25) is 0 Å². The Morgan fingerprint density at radius 1 is 1.44 bits per heavy atom. The van der Waals surface area contributed by atoms with Gasteiger partial charge in [0.1, 0.15) is 5.82 Å². The third-order valence-electron chi connectivity index (χ3n) is 3.20. The minimum atomic E-state index is -0.544. The Bertz CT molecular complexity index is 428. The number of ketones is 1. The van der Waals surface area contributed by atoms with E-state index in [-0.39, 0.29) is 17.5 Å². The molecular weight excluding hydrogens is 255 g/mol. The van der Waals surface area contributed by atoms with Crippen molar-refractivity contribution < 1.29 is 13.9 Å². The van der Waals surface area contributed by atoms with E-state index in [9.17, 15) is 9.18 Å². The number of halogens is 2. The molecule has 1 aliphatic rings. The Morgan fingerprint density at radius 2 is 2.28 bits per heavy atom. The molecule has 0 aliphatic carbocycles. The summed E-state index contributed by atoms with van der Waals surface area (Å²) in [4.78, 5) is 11.9. The van der Waals surface area contributed by atoms with Crippen LogP contribution in [0.5, 0.6) is 0 Å². The van der Waals surface area contributed by atoms with Crippen LogP contribution in [-0.4, -0.2) is 18.5 Å². The fourth-order valence-corrected chi connectivity index (χ4v) is 2.34. The predicted octanol–water partition coefficient (Wildman–Crippen LogP) is 4.01. The lowest BCUT2D eigenvalue weighted by atomic mass is 10.00. The Kier molecular flexibility index (Phi) is 4.72. The molecule has 1 aromatic carbocycles. The number of benzene rings is 1. The van der Waals surface area contributed by atoms with Gasteiger partial charge in [-0.3, -0.25) is 4.79 Å².